The molecule has 0 unspecified atom stereocenters. The second kappa shape index (κ2) is 8.71. The Kier molecular flexibility index (Phi) is 6.64. The molecule has 1 fully saturated rings. The number of likely N-dealkylation sites (N-methyl/N-ethyl adjacent to an activating group) is 1. The molecule has 8 heteroatoms. The molecule has 0 radical (unpaired) electrons. The molecule has 1 aliphatic rings. The average Bonchev–Trinajstić information content (AvgIpc) is 3.36. The van der Waals surface area contributed by atoms with Crippen LogP contribution in [0.5, 0.6) is 0 Å². The summed E-state index contributed by atoms with van der Waals surface area (Å²) in [6, 6.07) is 5.08. The fourth-order valence-corrected chi connectivity index (χ4v) is 2.40. The molecule has 3 N–H and O–H groups in total. The summed E-state index contributed by atoms with van der Waals surface area (Å²) in [6.45, 7) is 2.29. The molecule has 0 aliphatic heterocycles. The van der Waals surface area contributed by atoms with Gasteiger partial charge in [0.2, 0.25) is 11.8 Å². The lowest BCUT2D eigenvalue weighted by molar-refractivity contribution is -0.133. The highest BCUT2D eigenvalue weighted by Crippen LogP contribution is 2.21. The number of benzene rings is 1. The average molecular weight is 367 g/mol. The minimum Gasteiger partial charge on any atom is -0.375 e. The summed E-state index contributed by atoms with van der Waals surface area (Å²) < 4.78 is 0. The predicted molar refractivity (Wildman–Crippen MR) is 96.8 cm³/mol. The maximum atomic E-state index is 12.2. The summed E-state index contributed by atoms with van der Waals surface area (Å²) in [5.74, 6) is -0.664. The van der Waals surface area contributed by atoms with Crippen molar-refractivity contribution < 1.29 is 14.4 Å². The Morgan fingerprint density at radius 3 is 2.64 bits per heavy atom. The van der Waals surface area contributed by atoms with Gasteiger partial charge in [-0.25, -0.2) is 0 Å². The first-order valence-corrected chi connectivity index (χ1v) is 8.63. The largest absolute Gasteiger partial charge is 0.375 e. The SMILES string of the molecule is CCNC(=O)c1ccc(Cl)cc1NCC(=O)N(C)CC(=O)NC1CC1. The van der Waals surface area contributed by atoms with Crippen LogP contribution in [0.2, 0.25) is 5.02 Å². The molecular weight excluding hydrogens is 344 g/mol. The summed E-state index contributed by atoms with van der Waals surface area (Å²) in [5, 5.41) is 8.94. The van der Waals surface area contributed by atoms with E-state index in [4.69, 9.17) is 11.6 Å². The van der Waals surface area contributed by atoms with E-state index in [-0.39, 0.29) is 36.9 Å². The quantitative estimate of drug-likeness (QED) is 0.645. The van der Waals surface area contributed by atoms with Gasteiger partial charge in [0.1, 0.15) is 0 Å². The lowest BCUT2D eigenvalue weighted by atomic mass is 10.1. The first kappa shape index (κ1) is 19.1. The molecule has 1 aliphatic carbocycles. The van der Waals surface area contributed by atoms with E-state index in [1.54, 1.807) is 25.2 Å². The number of halogens is 1. The van der Waals surface area contributed by atoms with Crippen LogP contribution in [0.3, 0.4) is 0 Å². The summed E-state index contributed by atoms with van der Waals surface area (Å²) in [7, 11) is 1.57. The molecule has 2 rings (SSSR count). The van der Waals surface area contributed by atoms with Crippen molar-refractivity contribution in [2.45, 2.75) is 25.8 Å². The van der Waals surface area contributed by atoms with Gasteiger partial charge >= 0.3 is 0 Å². The molecule has 3 amide bonds. The number of nitrogens with zero attached hydrogens (tertiary/aromatic N) is 1. The molecule has 0 aromatic heterocycles. The number of carbonyl (C=O) groups excluding carboxylic acids is 3. The van der Waals surface area contributed by atoms with E-state index in [2.05, 4.69) is 16.0 Å². The molecular formula is C17H23ClN4O3. The van der Waals surface area contributed by atoms with Gasteiger partial charge in [0, 0.05) is 30.3 Å². The smallest absolute Gasteiger partial charge is 0.253 e. The van der Waals surface area contributed by atoms with Crippen LogP contribution in [0.1, 0.15) is 30.1 Å². The topological polar surface area (TPSA) is 90.5 Å². The monoisotopic (exact) mass is 366 g/mol. The lowest BCUT2D eigenvalue weighted by Crippen LogP contribution is -2.41. The number of carbonyl (C=O) groups is 3. The highest BCUT2D eigenvalue weighted by atomic mass is 35.5. The maximum absolute atomic E-state index is 12.2. The third-order valence-electron chi connectivity index (χ3n) is 3.74. The normalized spacial score (nSPS) is 13.1. The molecule has 0 saturated heterocycles. The van der Waals surface area contributed by atoms with E-state index < -0.39 is 0 Å². The van der Waals surface area contributed by atoms with E-state index >= 15 is 0 Å². The Bertz CT molecular complexity index is 661. The number of anilines is 1. The minimum absolute atomic E-state index is 0.00966. The van der Waals surface area contributed by atoms with Gasteiger partial charge in [-0.2, -0.15) is 0 Å². The number of rotatable bonds is 8. The Hall–Kier alpha value is -2.28. The van der Waals surface area contributed by atoms with Gasteiger partial charge in [-0.15, -0.1) is 0 Å². The van der Waals surface area contributed by atoms with Gasteiger partial charge in [0.05, 0.1) is 18.7 Å². The molecule has 1 saturated carbocycles. The first-order chi connectivity index (χ1) is 11.9. The Labute approximate surface area is 152 Å². The van der Waals surface area contributed by atoms with E-state index in [9.17, 15) is 14.4 Å². The van der Waals surface area contributed by atoms with Crippen LogP contribution in [-0.2, 0) is 9.59 Å². The van der Waals surface area contributed by atoms with Crippen LogP contribution in [-0.4, -0.2) is 55.3 Å². The van der Waals surface area contributed by atoms with Gasteiger partial charge in [-0.1, -0.05) is 11.6 Å². The fraction of sp³-hybridized carbons (Fsp3) is 0.471. The Morgan fingerprint density at radius 2 is 2.00 bits per heavy atom. The van der Waals surface area contributed by atoms with E-state index in [0.717, 1.165) is 12.8 Å². The van der Waals surface area contributed by atoms with Crippen molar-refractivity contribution in [3.05, 3.63) is 28.8 Å². The van der Waals surface area contributed by atoms with E-state index in [1.165, 1.54) is 4.90 Å². The third kappa shape index (κ3) is 5.94. The molecule has 7 nitrogen and oxygen atoms in total. The summed E-state index contributed by atoms with van der Waals surface area (Å²) in [4.78, 5) is 37.4. The summed E-state index contributed by atoms with van der Waals surface area (Å²) in [5.41, 5.74) is 0.885. The molecule has 0 atom stereocenters. The molecule has 1 aromatic rings. The van der Waals surface area contributed by atoms with Crippen LogP contribution in [0, 0.1) is 0 Å². The first-order valence-electron chi connectivity index (χ1n) is 8.25. The van der Waals surface area contributed by atoms with Gasteiger partial charge in [0.15, 0.2) is 0 Å². The molecule has 0 heterocycles. The van der Waals surface area contributed by atoms with Crippen LogP contribution in [0.4, 0.5) is 5.69 Å². The summed E-state index contributed by atoms with van der Waals surface area (Å²) >= 11 is 5.98. The van der Waals surface area contributed by atoms with Crippen LogP contribution < -0.4 is 16.0 Å². The Morgan fingerprint density at radius 1 is 1.28 bits per heavy atom. The number of nitrogens with one attached hydrogen (secondary N) is 3. The van der Waals surface area contributed by atoms with Crippen LogP contribution >= 0.6 is 11.6 Å². The van der Waals surface area contributed by atoms with Crippen molar-refractivity contribution in [2.75, 3.05) is 32.0 Å². The number of hydrogen-bond acceptors (Lipinski definition) is 4. The summed E-state index contributed by atoms with van der Waals surface area (Å²) in [6.07, 6.45) is 2.00. The third-order valence-corrected chi connectivity index (χ3v) is 3.98. The fourth-order valence-electron chi connectivity index (χ4n) is 2.23. The van der Waals surface area contributed by atoms with Gasteiger partial charge in [0.25, 0.3) is 5.91 Å². The zero-order chi connectivity index (χ0) is 18.4. The molecule has 136 valence electrons. The van der Waals surface area contributed by atoms with Crippen molar-refractivity contribution >= 4 is 35.0 Å². The van der Waals surface area contributed by atoms with Gasteiger partial charge in [-0.05, 0) is 38.0 Å². The van der Waals surface area contributed by atoms with Crippen molar-refractivity contribution in [1.29, 1.82) is 0 Å². The van der Waals surface area contributed by atoms with Crippen LogP contribution in [0.15, 0.2) is 18.2 Å². The van der Waals surface area contributed by atoms with Crippen LogP contribution in [0.25, 0.3) is 0 Å². The molecule has 0 spiro atoms. The highest BCUT2D eigenvalue weighted by Gasteiger charge is 2.24. The molecule has 0 bridgehead atoms. The van der Waals surface area contributed by atoms with Crippen molar-refractivity contribution in [3.8, 4) is 0 Å². The van der Waals surface area contributed by atoms with E-state index in [1.807, 2.05) is 6.92 Å². The predicted octanol–water partition coefficient (Wildman–Crippen LogP) is 1.24. The lowest BCUT2D eigenvalue weighted by Gasteiger charge is -2.18. The van der Waals surface area contributed by atoms with E-state index in [0.29, 0.717) is 22.8 Å². The zero-order valence-corrected chi connectivity index (χ0v) is 15.2. The number of amides is 3. The highest BCUT2D eigenvalue weighted by molar-refractivity contribution is 6.31. The number of hydrogen-bond donors (Lipinski definition) is 3. The second-order valence-corrected chi connectivity index (χ2v) is 6.43. The zero-order valence-electron chi connectivity index (χ0n) is 14.4. The standard InChI is InChI=1S/C17H23ClN4O3/c1-3-19-17(25)13-7-4-11(18)8-14(13)20-9-16(24)22(2)10-15(23)21-12-5-6-12/h4,7-8,12,20H,3,5-6,9-10H2,1-2H3,(H,19,25)(H,21,23). The van der Waals surface area contributed by atoms with Crippen molar-refractivity contribution in [2.24, 2.45) is 0 Å². The van der Waals surface area contributed by atoms with Crippen molar-refractivity contribution in [1.82, 2.24) is 15.5 Å². The van der Waals surface area contributed by atoms with Crippen molar-refractivity contribution in [3.63, 3.8) is 0 Å². The van der Waals surface area contributed by atoms with Gasteiger partial charge in [-0.3, -0.25) is 14.4 Å². The second-order valence-electron chi connectivity index (χ2n) is 5.99. The molecule has 25 heavy (non-hydrogen) atoms. The van der Waals surface area contributed by atoms with Gasteiger partial charge < -0.3 is 20.9 Å². The molecule has 1 aromatic carbocycles. The Balaban J connectivity index is 1.92. The minimum atomic E-state index is -0.257. The maximum Gasteiger partial charge on any atom is 0.253 e.